The zero-order valence-corrected chi connectivity index (χ0v) is 6.68. The molecule has 4 heteroatoms. The zero-order chi connectivity index (χ0) is 8.81. The van der Waals surface area contributed by atoms with Crippen LogP contribution in [0.4, 0.5) is 4.39 Å². The molecule has 0 saturated carbocycles. The first-order valence-electron chi connectivity index (χ1n) is 3.71. The molecule has 0 aliphatic heterocycles. The zero-order valence-electron chi connectivity index (χ0n) is 6.68. The highest BCUT2D eigenvalue weighted by molar-refractivity contribution is 5.15. The van der Waals surface area contributed by atoms with Crippen LogP contribution in [0.1, 0.15) is 5.56 Å². The van der Waals surface area contributed by atoms with Crippen LogP contribution < -0.4 is 16.6 Å². The molecule has 0 saturated heterocycles. The van der Waals surface area contributed by atoms with Gasteiger partial charge in [0.25, 0.3) is 0 Å². The Hall–Kier alpha value is -0.970. The van der Waals surface area contributed by atoms with E-state index in [1.54, 1.807) is 12.1 Å². The van der Waals surface area contributed by atoms with Crippen LogP contribution in [0, 0.1) is 5.82 Å². The van der Waals surface area contributed by atoms with Crippen molar-refractivity contribution in [2.24, 2.45) is 5.84 Å². The van der Waals surface area contributed by atoms with Gasteiger partial charge in [-0.1, -0.05) is 12.1 Å². The van der Waals surface area contributed by atoms with Crippen LogP contribution in [0.15, 0.2) is 24.3 Å². The van der Waals surface area contributed by atoms with Gasteiger partial charge in [-0.2, -0.15) is 0 Å². The average Bonchev–Trinajstić information content (AvgIpc) is 2.09. The summed E-state index contributed by atoms with van der Waals surface area (Å²) in [6.45, 7) is 1.22. The Kier molecular flexibility index (Phi) is 3.66. The van der Waals surface area contributed by atoms with Crippen LogP contribution in [-0.4, -0.2) is 6.67 Å². The van der Waals surface area contributed by atoms with E-state index < -0.39 is 0 Å². The monoisotopic (exact) mass is 169 g/mol. The molecule has 4 N–H and O–H groups in total. The second kappa shape index (κ2) is 4.82. The summed E-state index contributed by atoms with van der Waals surface area (Å²) in [4.78, 5) is 0. The van der Waals surface area contributed by atoms with E-state index in [0.29, 0.717) is 13.2 Å². The number of nitrogens with two attached hydrogens (primary N) is 1. The number of halogens is 1. The maximum Gasteiger partial charge on any atom is 0.123 e. The van der Waals surface area contributed by atoms with Gasteiger partial charge in [-0.15, -0.1) is 0 Å². The Morgan fingerprint density at radius 2 is 1.92 bits per heavy atom. The highest BCUT2D eigenvalue weighted by Gasteiger charge is 1.91. The average molecular weight is 169 g/mol. The van der Waals surface area contributed by atoms with E-state index in [9.17, 15) is 4.39 Å². The van der Waals surface area contributed by atoms with E-state index in [2.05, 4.69) is 10.7 Å². The van der Waals surface area contributed by atoms with Crippen LogP contribution >= 0.6 is 0 Å². The summed E-state index contributed by atoms with van der Waals surface area (Å²) in [5, 5.41) is 3.01. The summed E-state index contributed by atoms with van der Waals surface area (Å²) in [6.07, 6.45) is 0. The lowest BCUT2D eigenvalue weighted by atomic mass is 10.2. The van der Waals surface area contributed by atoms with Gasteiger partial charge in [-0.05, 0) is 17.7 Å². The summed E-state index contributed by atoms with van der Waals surface area (Å²) < 4.78 is 12.4. The van der Waals surface area contributed by atoms with E-state index in [4.69, 9.17) is 5.84 Å². The number of nitrogens with one attached hydrogen (secondary N) is 2. The topological polar surface area (TPSA) is 50.1 Å². The SMILES string of the molecule is NNCNCc1ccc(F)cc1. The molecule has 0 bridgehead atoms. The molecule has 0 aliphatic carbocycles. The molecule has 0 amide bonds. The molecule has 1 aromatic rings. The van der Waals surface area contributed by atoms with Crippen LogP contribution in [0.25, 0.3) is 0 Å². The van der Waals surface area contributed by atoms with Gasteiger partial charge in [0.15, 0.2) is 0 Å². The molecular formula is C8H12FN3. The van der Waals surface area contributed by atoms with Crippen molar-refractivity contribution in [2.75, 3.05) is 6.67 Å². The quantitative estimate of drug-likeness (QED) is 0.263. The highest BCUT2D eigenvalue weighted by atomic mass is 19.1. The molecular weight excluding hydrogens is 157 g/mol. The minimum absolute atomic E-state index is 0.212. The summed E-state index contributed by atoms with van der Waals surface area (Å²) >= 11 is 0. The minimum atomic E-state index is -0.212. The predicted molar refractivity (Wildman–Crippen MR) is 45.4 cm³/mol. The van der Waals surface area contributed by atoms with Gasteiger partial charge in [-0.25, -0.2) is 9.82 Å². The fourth-order valence-electron chi connectivity index (χ4n) is 0.881. The van der Waals surface area contributed by atoms with Gasteiger partial charge in [0.05, 0.1) is 6.67 Å². The van der Waals surface area contributed by atoms with Crippen molar-refractivity contribution in [3.63, 3.8) is 0 Å². The Balaban J connectivity index is 2.37. The first-order chi connectivity index (χ1) is 5.83. The van der Waals surface area contributed by atoms with Gasteiger partial charge in [0.2, 0.25) is 0 Å². The van der Waals surface area contributed by atoms with Crippen LogP contribution in [0.2, 0.25) is 0 Å². The molecule has 3 nitrogen and oxygen atoms in total. The number of hydrogen-bond donors (Lipinski definition) is 3. The van der Waals surface area contributed by atoms with Crippen LogP contribution in [0.5, 0.6) is 0 Å². The summed E-state index contributed by atoms with van der Waals surface area (Å²) in [5.41, 5.74) is 3.50. The Bertz CT molecular complexity index is 222. The molecule has 0 aromatic heterocycles. The third kappa shape index (κ3) is 2.96. The van der Waals surface area contributed by atoms with Crippen LogP contribution in [-0.2, 0) is 6.54 Å². The second-order valence-corrected chi connectivity index (χ2v) is 2.43. The third-order valence-corrected chi connectivity index (χ3v) is 1.47. The van der Waals surface area contributed by atoms with Crippen molar-refractivity contribution in [2.45, 2.75) is 6.54 Å². The molecule has 1 aromatic carbocycles. The fraction of sp³-hybridized carbons (Fsp3) is 0.250. The first kappa shape index (κ1) is 9.12. The number of benzene rings is 1. The maximum absolute atomic E-state index is 12.4. The van der Waals surface area contributed by atoms with Crippen molar-refractivity contribution in [3.8, 4) is 0 Å². The highest BCUT2D eigenvalue weighted by Crippen LogP contribution is 2.01. The van der Waals surface area contributed by atoms with Gasteiger partial charge in [0.1, 0.15) is 5.82 Å². The summed E-state index contributed by atoms with van der Waals surface area (Å²) in [5.74, 6) is 4.83. The molecule has 0 heterocycles. The summed E-state index contributed by atoms with van der Waals surface area (Å²) in [7, 11) is 0. The van der Waals surface area contributed by atoms with Crippen molar-refractivity contribution in [3.05, 3.63) is 35.6 Å². The van der Waals surface area contributed by atoms with Crippen molar-refractivity contribution in [1.82, 2.24) is 10.7 Å². The predicted octanol–water partition coefficient (Wildman–Crippen LogP) is 0.336. The molecule has 0 radical (unpaired) electrons. The molecule has 1 rings (SSSR count). The molecule has 66 valence electrons. The van der Waals surface area contributed by atoms with Crippen molar-refractivity contribution < 1.29 is 4.39 Å². The number of hydrazine groups is 1. The van der Waals surface area contributed by atoms with E-state index in [-0.39, 0.29) is 5.82 Å². The van der Waals surface area contributed by atoms with E-state index in [1.807, 2.05) is 0 Å². The lowest BCUT2D eigenvalue weighted by Gasteiger charge is -2.02. The Labute approximate surface area is 70.7 Å². The smallest absolute Gasteiger partial charge is 0.123 e. The van der Waals surface area contributed by atoms with Crippen LogP contribution in [0.3, 0.4) is 0 Å². The lowest BCUT2D eigenvalue weighted by molar-refractivity contribution is 0.598. The molecule has 0 aliphatic rings. The Morgan fingerprint density at radius 1 is 1.25 bits per heavy atom. The van der Waals surface area contributed by atoms with Crippen molar-refractivity contribution >= 4 is 0 Å². The number of rotatable bonds is 4. The van der Waals surface area contributed by atoms with Crippen molar-refractivity contribution in [1.29, 1.82) is 0 Å². The maximum atomic E-state index is 12.4. The standard InChI is InChI=1S/C8H12FN3/c9-8-3-1-7(2-4-8)5-11-6-12-10/h1-4,11-12H,5-6,10H2. The lowest BCUT2D eigenvalue weighted by Crippen LogP contribution is -2.33. The molecule has 12 heavy (non-hydrogen) atoms. The number of hydrogen-bond acceptors (Lipinski definition) is 3. The minimum Gasteiger partial charge on any atom is -0.299 e. The largest absolute Gasteiger partial charge is 0.299 e. The molecule has 0 unspecified atom stereocenters. The Morgan fingerprint density at radius 3 is 2.50 bits per heavy atom. The molecule has 0 atom stereocenters. The van der Waals surface area contributed by atoms with E-state index >= 15 is 0 Å². The third-order valence-electron chi connectivity index (χ3n) is 1.47. The van der Waals surface area contributed by atoms with Gasteiger partial charge in [-0.3, -0.25) is 11.2 Å². The van der Waals surface area contributed by atoms with E-state index in [1.165, 1.54) is 12.1 Å². The van der Waals surface area contributed by atoms with E-state index in [0.717, 1.165) is 5.56 Å². The first-order valence-corrected chi connectivity index (χ1v) is 3.71. The van der Waals surface area contributed by atoms with Gasteiger partial charge < -0.3 is 0 Å². The molecule has 0 spiro atoms. The summed E-state index contributed by atoms with van der Waals surface area (Å²) in [6, 6.07) is 6.34. The normalized spacial score (nSPS) is 10.2. The van der Waals surface area contributed by atoms with Gasteiger partial charge >= 0.3 is 0 Å². The van der Waals surface area contributed by atoms with Gasteiger partial charge in [0, 0.05) is 6.54 Å². The second-order valence-electron chi connectivity index (χ2n) is 2.43. The molecule has 0 fully saturated rings. The fourth-order valence-corrected chi connectivity index (χ4v) is 0.881.